The number of hydrogen-bond acceptors (Lipinski definition) is 17. The van der Waals surface area contributed by atoms with Crippen LogP contribution in [-0.4, -0.2) is 174 Å². The van der Waals surface area contributed by atoms with Crippen LogP contribution in [0, 0.1) is 5.92 Å². The molecule has 0 spiro atoms. The van der Waals surface area contributed by atoms with E-state index in [9.17, 15) is 58.2 Å². The number of carbonyl (C=O) groups is 10. The van der Waals surface area contributed by atoms with E-state index in [0.717, 1.165) is 19.3 Å². The Morgan fingerprint density at radius 1 is 0.628 bits per heavy atom. The van der Waals surface area contributed by atoms with Gasteiger partial charge in [0.2, 0.25) is 59.1 Å². The maximum Gasteiger partial charge on any atom is 0.245 e. The molecule has 22 N–H and O–H groups in total. The van der Waals surface area contributed by atoms with E-state index in [-0.39, 0.29) is 77.0 Å². The first kappa shape index (κ1) is 65.9. The number of benzene rings is 1. The average Bonchev–Trinajstić information content (AvgIpc) is 3.37. The van der Waals surface area contributed by atoms with Crippen molar-refractivity contribution in [1.82, 2.24) is 53.2 Å². The van der Waals surface area contributed by atoms with Crippen molar-refractivity contribution in [1.29, 1.82) is 0 Å². The summed E-state index contributed by atoms with van der Waals surface area (Å²) in [4.78, 5) is 140. The molecule has 0 aromatic heterocycles. The molecular weight excluding hydrogens is 1010 g/mol. The molecule has 10 amide bonds. The van der Waals surface area contributed by atoms with E-state index in [1.165, 1.54) is 13.8 Å². The fraction of sp³-hybridized carbons (Fsp3) is 0.686. The number of carbonyl (C=O) groups excluding carboxylic acids is 10. The normalized spacial score (nSPS) is 25.0. The molecule has 3 rings (SSSR count). The van der Waals surface area contributed by atoms with Gasteiger partial charge < -0.3 is 92.0 Å². The van der Waals surface area contributed by atoms with Crippen LogP contribution in [0.15, 0.2) is 30.3 Å². The first-order valence-electron chi connectivity index (χ1n) is 26.9. The second-order valence-electron chi connectivity index (χ2n) is 20.7. The molecule has 1 aliphatic heterocycles. The van der Waals surface area contributed by atoms with Crippen LogP contribution in [0.5, 0.6) is 0 Å². The number of rotatable bonds is 21. The van der Waals surface area contributed by atoms with Crippen LogP contribution >= 0.6 is 0 Å². The summed E-state index contributed by atoms with van der Waals surface area (Å²) < 4.78 is 0. The molecule has 1 heterocycles. The van der Waals surface area contributed by atoms with Gasteiger partial charge in [0.25, 0.3) is 0 Å². The lowest BCUT2D eigenvalue weighted by Gasteiger charge is -2.33. The van der Waals surface area contributed by atoms with Gasteiger partial charge in [-0.05, 0) is 103 Å². The van der Waals surface area contributed by atoms with Gasteiger partial charge in [-0.2, -0.15) is 0 Å². The Labute approximate surface area is 455 Å². The quantitative estimate of drug-likeness (QED) is 0.0546. The highest BCUT2D eigenvalue weighted by Gasteiger charge is 2.38. The third-order valence-corrected chi connectivity index (χ3v) is 13.5. The molecule has 2 aliphatic rings. The van der Waals surface area contributed by atoms with E-state index >= 15 is 0 Å². The van der Waals surface area contributed by atoms with Crippen LogP contribution in [0.3, 0.4) is 0 Å². The highest BCUT2D eigenvalue weighted by molar-refractivity contribution is 5.99. The van der Waals surface area contributed by atoms with Crippen LogP contribution in [0.4, 0.5) is 0 Å². The van der Waals surface area contributed by atoms with Gasteiger partial charge in [-0.1, -0.05) is 63.4 Å². The van der Waals surface area contributed by atoms with E-state index in [4.69, 9.17) is 28.7 Å². The van der Waals surface area contributed by atoms with Crippen molar-refractivity contribution in [3.63, 3.8) is 0 Å². The Balaban J connectivity index is 2.09. The zero-order valence-corrected chi connectivity index (χ0v) is 45.4. The molecule has 438 valence electrons. The summed E-state index contributed by atoms with van der Waals surface area (Å²) in [6.45, 7) is 5.05. The molecule has 27 nitrogen and oxygen atoms in total. The summed E-state index contributed by atoms with van der Waals surface area (Å²) >= 11 is 0. The van der Waals surface area contributed by atoms with Crippen LogP contribution in [-0.2, 0) is 54.4 Å². The summed E-state index contributed by atoms with van der Waals surface area (Å²) in [6.07, 6.45) is -0.446. The molecule has 27 heteroatoms. The first-order valence-corrected chi connectivity index (χ1v) is 26.9. The maximum absolute atomic E-state index is 14.4. The van der Waals surface area contributed by atoms with E-state index in [2.05, 4.69) is 53.2 Å². The van der Waals surface area contributed by atoms with Crippen molar-refractivity contribution in [2.24, 2.45) is 34.6 Å². The predicted molar refractivity (Wildman–Crippen MR) is 287 cm³/mol. The SMILES string of the molecule is CC(C)C[C@@H]1NC(=O)[C@@H](Cc2ccccc2)NC(=O)[C@H](CCN)NC(=O)[C@@H](NC(=O)[C@H](CCN)NC(=O)[C@@H](NC(=O)CC2(N)CCCCC2)C(C)O)CCNC(=O)[C@H](C(C)O)NC(=O)[C@H](CCN)NC(=O)[C@H](CCN)NC1=O. The number of hydrogen-bond donors (Lipinski definition) is 17. The molecular formula is C51H87N15O12. The van der Waals surface area contributed by atoms with Crippen LogP contribution in [0.25, 0.3) is 0 Å². The Kier molecular flexibility index (Phi) is 28.0. The smallest absolute Gasteiger partial charge is 0.245 e. The molecule has 78 heavy (non-hydrogen) atoms. The topological polar surface area (TPSA) is 462 Å². The molecule has 2 fully saturated rings. The first-order chi connectivity index (χ1) is 36.9. The molecule has 1 aliphatic carbocycles. The molecule has 0 radical (unpaired) electrons. The Morgan fingerprint density at radius 3 is 1.64 bits per heavy atom. The molecule has 1 saturated carbocycles. The third kappa shape index (κ3) is 21.8. The minimum Gasteiger partial charge on any atom is -0.391 e. The van der Waals surface area contributed by atoms with Crippen LogP contribution < -0.4 is 81.8 Å². The van der Waals surface area contributed by atoms with Gasteiger partial charge in [0.05, 0.1) is 12.2 Å². The Hall–Kier alpha value is -6.36. The molecule has 1 saturated heterocycles. The summed E-state index contributed by atoms with van der Waals surface area (Å²) in [5.41, 5.74) is 29.8. The van der Waals surface area contributed by atoms with Crippen LogP contribution in [0.2, 0.25) is 0 Å². The monoisotopic (exact) mass is 1100 g/mol. The van der Waals surface area contributed by atoms with Crippen molar-refractivity contribution in [3.8, 4) is 0 Å². The minimum absolute atomic E-state index is 0.0589. The lowest BCUT2D eigenvalue weighted by atomic mass is 9.80. The van der Waals surface area contributed by atoms with Gasteiger partial charge in [-0.15, -0.1) is 0 Å². The van der Waals surface area contributed by atoms with E-state index < -0.39 is 144 Å². The summed E-state index contributed by atoms with van der Waals surface area (Å²) in [5, 5.41) is 47.0. The summed E-state index contributed by atoms with van der Waals surface area (Å²) in [7, 11) is 0. The van der Waals surface area contributed by atoms with Crippen molar-refractivity contribution in [3.05, 3.63) is 35.9 Å². The van der Waals surface area contributed by atoms with Gasteiger partial charge in [-0.25, -0.2) is 0 Å². The van der Waals surface area contributed by atoms with Crippen molar-refractivity contribution in [2.45, 2.75) is 183 Å². The van der Waals surface area contributed by atoms with Gasteiger partial charge in [0, 0.05) is 24.9 Å². The van der Waals surface area contributed by atoms with Gasteiger partial charge in [-0.3, -0.25) is 47.9 Å². The van der Waals surface area contributed by atoms with Gasteiger partial charge in [0.1, 0.15) is 54.4 Å². The van der Waals surface area contributed by atoms with Crippen LogP contribution in [0.1, 0.15) is 110 Å². The second kappa shape index (κ2) is 33.2. The largest absolute Gasteiger partial charge is 0.391 e. The average molecular weight is 1100 g/mol. The summed E-state index contributed by atoms with van der Waals surface area (Å²) in [5.74, 6) is -8.98. The fourth-order valence-corrected chi connectivity index (χ4v) is 9.16. The van der Waals surface area contributed by atoms with Crippen molar-refractivity contribution < 1.29 is 58.2 Å². The zero-order chi connectivity index (χ0) is 58.1. The number of amides is 10. The molecule has 2 unspecified atom stereocenters. The Morgan fingerprint density at radius 2 is 1.13 bits per heavy atom. The predicted octanol–water partition coefficient (Wildman–Crippen LogP) is -5.63. The van der Waals surface area contributed by atoms with E-state index in [1.54, 1.807) is 44.2 Å². The zero-order valence-electron chi connectivity index (χ0n) is 45.4. The number of aliphatic hydroxyl groups is 2. The van der Waals surface area contributed by atoms with E-state index in [1.807, 2.05) is 0 Å². The number of nitrogens with one attached hydrogen (secondary N) is 10. The molecule has 1 aromatic rings. The number of aliphatic hydroxyl groups excluding tert-OH is 2. The lowest BCUT2D eigenvalue weighted by molar-refractivity contribution is -0.136. The van der Waals surface area contributed by atoms with Crippen molar-refractivity contribution in [2.75, 3.05) is 32.7 Å². The molecule has 1 aromatic carbocycles. The fourth-order valence-electron chi connectivity index (χ4n) is 9.16. The van der Waals surface area contributed by atoms with E-state index in [0.29, 0.717) is 18.4 Å². The number of nitrogens with two attached hydrogens (primary N) is 5. The Bertz CT molecular complexity index is 2160. The molecule has 0 bridgehead atoms. The third-order valence-electron chi connectivity index (χ3n) is 13.5. The highest BCUT2D eigenvalue weighted by atomic mass is 16.3. The summed E-state index contributed by atoms with van der Waals surface area (Å²) in [6, 6.07) is -4.59. The minimum atomic E-state index is -1.66. The standard InChI is InChI=1S/C51H87N15O12/c1-28(2)25-37-47(75)60-32(13-20-52)42(70)59-35(16-23-55)46(74)66-40(29(3)67)49(77)57-24-17-36(45(73)58-33(14-21-53)44(72)64-38(48(76)63-37)26-31-11-7-5-8-12-31)61-43(71)34(15-22-54)62-50(78)41(30(4)68)65-39(69)27-51(56)18-9-6-10-19-51/h5,7-8,11-12,28-30,32-38,40-41,67-68H,6,9-10,13-27,52-56H2,1-4H3,(H,57,77)(H,58,73)(H,59,70)(H,60,75)(H,61,71)(H,62,78)(H,63,76)(H,64,72)(H,65,69)(H,66,74)/t29?,30?,32-,33-,34-,35-,36-,37-,38+,40-,41-/m0/s1. The highest BCUT2D eigenvalue weighted by Crippen LogP contribution is 2.28. The van der Waals surface area contributed by atoms with Crippen molar-refractivity contribution >= 4 is 59.1 Å². The maximum atomic E-state index is 14.4. The van der Waals surface area contributed by atoms with Gasteiger partial charge >= 0.3 is 0 Å². The van der Waals surface area contributed by atoms with Gasteiger partial charge in [0.15, 0.2) is 0 Å². The molecule has 11 atom stereocenters. The second-order valence-corrected chi connectivity index (χ2v) is 20.7. The lowest BCUT2D eigenvalue weighted by Crippen LogP contribution is -2.61.